The summed E-state index contributed by atoms with van der Waals surface area (Å²) in [4.78, 5) is 6.18. The van der Waals surface area contributed by atoms with Crippen LogP contribution in [-0.2, 0) is 0 Å². The zero-order chi connectivity index (χ0) is 20.5. The van der Waals surface area contributed by atoms with Crippen molar-refractivity contribution < 1.29 is 4.74 Å². The van der Waals surface area contributed by atoms with Crippen molar-refractivity contribution in [2.45, 2.75) is 64.6 Å². The fraction of sp³-hybridized carbons (Fsp3) is 0.524. The predicted octanol–water partition coefficient (Wildman–Crippen LogP) is 3.97. The molecule has 3 N–H and O–H groups in total. The van der Waals surface area contributed by atoms with Gasteiger partial charge in [0.1, 0.15) is 11.2 Å². The van der Waals surface area contributed by atoms with Gasteiger partial charge in [-0.3, -0.25) is 5.41 Å². The molecule has 7 heteroatoms. The summed E-state index contributed by atoms with van der Waals surface area (Å²) in [6.45, 7) is 10.9. The first-order valence-corrected chi connectivity index (χ1v) is 10.4. The second-order valence-electron chi connectivity index (χ2n) is 8.79. The number of nitrogens with one attached hydrogen (secondary N) is 3. The molecule has 1 aliphatic heterocycles. The Morgan fingerprint density at radius 1 is 1.25 bits per heavy atom. The van der Waals surface area contributed by atoms with Crippen LogP contribution in [0, 0.1) is 12.3 Å². The number of nitrogens with zero attached hydrogens (tertiary/aromatic N) is 2. The van der Waals surface area contributed by atoms with Gasteiger partial charge in [0.2, 0.25) is 5.96 Å². The molecular formula is C21H31N5OS. The van der Waals surface area contributed by atoms with E-state index in [0.717, 1.165) is 29.2 Å². The molecule has 1 aliphatic rings. The van der Waals surface area contributed by atoms with E-state index in [0.29, 0.717) is 11.4 Å². The summed E-state index contributed by atoms with van der Waals surface area (Å²) >= 11 is 1.53. The van der Waals surface area contributed by atoms with E-state index < -0.39 is 0 Å². The standard InChI is InChI=1S/C21H31N5OS/c1-14-10-18(22)26(28-14)19(23-15-8-7-9-17(11-15)27-6)24-16-12-20(2,3)25-21(4,5)13-16/h7-11,16,22,25H,12-13H2,1-6H3,(H,23,24). The molecule has 0 atom stereocenters. The highest BCUT2D eigenvalue weighted by atomic mass is 32.1. The topological polar surface area (TPSA) is 74.4 Å². The van der Waals surface area contributed by atoms with Gasteiger partial charge in [-0.05, 0) is 65.7 Å². The SMILES string of the molecule is COc1cccc(NC(=NC2CC(C)(C)NC(C)(C)C2)n2sc(C)cc2=N)c1. The second kappa shape index (κ2) is 7.72. The minimum Gasteiger partial charge on any atom is -0.497 e. The monoisotopic (exact) mass is 401 g/mol. The third-order valence-electron chi connectivity index (χ3n) is 4.79. The van der Waals surface area contributed by atoms with E-state index in [4.69, 9.17) is 15.1 Å². The van der Waals surface area contributed by atoms with Gasteiger partial charge < -0.3 is 15.4 Å². The van der Waals surface area contributed by atoms with E-state index >= 15 is 0 Å². The molecule has 0 unspecified atom stereocenters. The summed E-state index contributed by atoms with van der Waals surface area (Å²) in [6.07, 6.45) is 1.88. The van der Waals surface area contributed by atoms with Gasteiger partial charge in [0.15, 0.2) is 0 Å². The van der Waals surface area contributed by atoms with Gasteiger partial charge in [0.05, 0.1) is 13.2 Å². The van der Waals surface area contributed by atoms with Gasteiger partial charge in [-0.15, -0.1) is 0 Å². The third kappa shape index (κ3) is 5.02. The first-order chi connectivity index (χ1) is 13.1. The fourth-order valence-electron chi connectivity index (χ4n) is 4.13. The molecule has 28 heavy (non-hydrogen) atoms. The molecule has 0 bridgehead atoms. The molecule has 152 valence electrons. The number of ether oxygens (including phenoxy) is 1. The Balaban J connectivity index is 1.99. The Labute approximate surface area is 171 Å². The third-order valence-corrected chi connectivity index (χ3v) is 5.74. The van der Waals surface area contributed by atoms with Crippen LogP contribution in [0.5, 0.6) is 5.75 Å². The van der Waals surface area contributed by atoms with Crippen LogP contribution in [0.1, 0.15) is 45.4 Å². The van der Waals surface area contributed by atoms with Crippen LogP contribution >= 0.6 is 11.5 Å². The van der Waals surface area contributed by atoms with Crippen molar-refractivity contribution in [2.24, 2.45) is 4.99 Å². The molecule has 0 radical (unpaired) electrons. The Hall–Kier alpha value is -2.12. The molecule has 1 saturated heterocycles. The lowest BCUT2D eigenvalue weighted by Crippen LogP contribution is -2.59. The van der Waals surface area contributed by atoms with Crippen molar-refractivity contribution >= 4 is 23.2 Å². The van der Waals surface area contributed by atoms with Crippen LogP contribution in [0.25, 0.3) is 0 Å². The minimum atomic E-state index is 0.0107. The van der Waals surface area contributed by atoms with Crippen molar-refractivity contribution in [2.75, 3.05) is 12.4 Å². The van der Waals surface area contributed by atoms with Crippen LogP contribution in [-0.4, -0.2) is 34.1 Å². The highest BCUT2D eigenvalue weighted by Gasteiger charge is 2.37. The fourth-order valence-corrected chi connectivity index (χ4v) is 4.91. The van der Waals surface area contributed by atoms with E-state index in [1.54, 1.807) is 7.11 Å². The summed E-state index contributed by atoms with van der Waals surface area (Å²) in [7, 11) is 1.66. The largest absolute Gasteiger partial charge is 0.497 e. The number of hydrogen-bond donors (Lipinski definition) is 3. The van der Waals surface area contributed by atoms with Gasteiger partial charge in [-0.1, -0.05) is 17.6 Å². The molecule has 2 aromatic rings. The Morgan fingerprint density at radius 3 is 2.50 bits per heavy atom. The number of piperidine rings is 1. The first kappa shape index (κ1) is 20.6. The maximum Gasteiger partial charge on any atom is 0.218 e. The molecule has 1 fully saturated rings. The van der Waals surface area contributed by atoms with Gasteiger partial charge in [-0.2, -0.15) is 0 Å². The molecule has 0 amide bonds. The molecule has 0 aliphatic carbocycles. The van der Waals surface area contributed by atoms with E-state index in [-0.39, 0.29) is 17.1 Å². The number of hydrogen-bond acceptors (Lipinski definition) is 5. The first-order valence-electron chi connectivity index (χ1n) is 9.60. The quantitative estimate of drug-likeness (QED) is 0.538. The van der Waals surface area contributed by atoms with Crippen molar-refractivity contribution in [1.82, 2.24) is 9.27 Å². The number of anilines is 1. The maximum atomic E-state index is 8.36. The van der Waals surface area contributed by atoms with E-state index in [2.05, 4.69) is 38.3 Å². The van der Waals surface area contributed by atoms with Gasteiger partial charge >= 0.3 is 0 Å². The van der Waals surface area contributed by atoms with Crippen molar-refractivity contribution in [3.63, 3.8) is 0 Å². The van der Waals surface area contributed by atoms with Crippen molar-refractivity contribution in [1.29, 1.82) is 5.41 Å². The molecule has 0 spiro atoms. The molecule has 3 rings (SSSR count). The smallest absolute Gasteiger partial charge is 0.218 e. The number of aliphatic imine (C=N–C) groups is 1. The van der Waals surface area contributed by atoms with Crippen LogP contribution in [0.4, 0.5) is 5.69 Å². The molecule has 6 nitrogen and oxygen atoms in total. The maximum absolute atomic E-state index is 8.36. The lowest BCUT2D eigenvalue weighted by molar-refractivity contribution is 0.164. The summed E-state index contributed by atoms with van der Waals surface area (Å²) in [6, 6.07) is 9.81. The van der Waals surface area contributed by atoms with Crippen LogP contribution in [0.15, 0.2) is 35.3 Å². The average Bonchev–Trinajstić information content (AvgIpc) is 2.90. The Morgan fingerprint density at radius 2 is 1.93 bits per heavy atom. The predicted molar refractivity (Wildman–Crippen MR) is 117 cm³/mol. The molecule has 1 aromatic heterocycles. The van der Waals surface area contributed by atoms with Gasteiger partial charge in [-0.25, -0.2) is 8.95 Å². The Bertz CT molecular complexity index is 909. The average molecular weight is 402 g/mol. The van der Waals surface area contributed by atoms with E-state index in [9.17, 15) is 0 Å². The van der Waals surface area contributed by atoms with Crippen LogP contribution in [0.3, 0.4) is 0 Å². The Kier molecular flexibility index (Phi) is 5.68. The highest BCUT2D eigenvalue weighted by molar-refractivity contribution is 7.07. The van der Waals surface area contributed by atoms with E-state index in [1.165, 1.54) is 11.5 Å². The summed E-state index contributed by atoms with van der Waals surface area (Å²) in [5.74, 6) is 1.47. The highest BCUT2D eigenvalue weighted by Crippen LogP contribution is 2.30. The van der Waals surface area contributed by atoms with Crippen molar-refractivity contribution in [3.8, 4) is 5.75 Å². The lowest BCUT2D eigenvalue weighted by atomic mass is 9.80. The second-order valence-corrected chi connectivity index (χ2v) is 9.98. The zero-order valence-corrected chi connectivity index (χ0v) is 18.4. The number of benzene rings is 1. The summed E-state index contributed by atoms with van der Waals surface area (Å²) in [5, 5.41) is 15.5. The molecule has 0 saturated carbocycles. The molecule has 1 aromatic carbocycles. The molecule has 2 heterocycles. The van der Waals surface area contributed by atoms with Crippen LogP contribution in [0.2, 0.25) is 0 Å². The normalized spacial score (nSPS) is 19.4. The van der Waals surface area contributed by atoms with Gasteiger partial charge in [0, 0.05) is 27.7 Å². The minimum absolute atomic E-state index is 0.0107. The molecular weight excluding hydrogens is 370 g/mol. The van der Waals surface area contributed by atoms with Crippen molar-refractivity contribution in [3.05, 3.63) is 40.7 Å². The number of aryl methyl sites for hydroxylation is 1. The number of rotatable bonds is 3. The number of aromatic nitrogens is 1. The number of methoxy groups -OCH3 is 1. The van der Waals surface area contributed by atoms with Crippen LogP contribution < -0.4 is 20.9 Å². The summed E-state index contributed by atoms with van der Waals surface area (Å²) in [5.41, 5.74) is 1.35. The summed E-state index contributed by atoms with van der Waals surface area (Å²) < 4.78 is 7.20. The van der Waals surface area contributed by atoms with E-state index in [1.807, 2.05) is 41.2 Å². The van der Waals surface area contributed by atoms with Gasteiger partial charge in [0.25, 0.3) is 0 Å². The zero-order valence-electron chi connectivity index (χ0n) is 17.6. The lowest BCUT2D eigenvalue weighted by Gasteiger charge is -2.45.